The second-order valence-electron chi connectivity index (χ2n) is 4.82. The number of hydrogen-bond acceptors (Lipinski definition) is 4. The molecule has 0 N–H and O–H groups in total. The number of benzene rings is 2. The van der Waals surface area contributed by atoms with Crippen LogP contribution in [0.4, 0.5) is 0 Å². The zero-order chi connectivity index (χ0) is 14.8. The Morgan fingerprint density at radius 2 is 1.86 bits per heavy atom. The summed E-state index contributed by atoms with van der Waals surface area (Å²) >= 11 is 0. The molecule has 4 nitrogen and oxygen atoms in total. The predicted octanol–water partition coefficient (Wildman–Crippen LogP) is 2.58. The maximum Gasteiger partial charge on any atom is 0.324 e. The Kier molecular flexibility index (Phi) is 3.35. The van der Waals surface area contributed by atoms with Crippen LogP contribution in [0.1, 0.15) is 16.7 Å². The van der Waals surface area contributed by atoms with Gasteiger partial charge in [0.25, 0.3) is 0 Å². The van der Waals surface area contributed by atoms with Crippen LogP contribution in [-0.2, 0) is 11.3 Å². The van der Waals surface area contributed by atoms with Gasteiger partial charge in [0, 0.05) is 0 Å². The molecule has 2 aromatic carbocycles. The van der Waals surface area contributed by atoms with Crippen molar-refractivity contribution in [3.05, 3.63) is 53.1 Å². The maximum absolute atomic E-state index is 9.15. The van der Waals surface area contributed by atoms with Gasteiger partial charge < -0.3 is 9.39 Å². The molecular weight excluding hydrogens is 263 g/mol. The molecule has 3 rings (SSSR count). The summed E-state index contributed by atoms with van der Waals surface area (Å²) in [5, 5.41) is 18.3. The highest BCUT2D eigenvalue weighted by molar-refractivity contribution is 6.67. The lowest BCUT2D eigenvalue weighted by Gasteiger charge is -2.10. The maximum atomic E-state index is 9.15. The minimum Gasteiger partial charge on any atom is -0.455 e. The average molecular weight is 274 g/mol. The first kappa shape index (κ1) is 13.2. The normalized spacial score (nSPS) is 12.4. The van der Waals surface area contributed by atoms with Crippen molar-refractivity contribution >= 4 is 12.4 Å². The largest absolute Gasteiger partial charge is 0.455 e. The fourth-order valence-corrected chi connectivity index (χ4v) is 2.41. The summed E-state index contributed by atoms with van der Waals surface area (Å²) in [5.41, 5.74) is 2.92. The third kappa shape index (κ3) is 2.36. The molecule has 0 unspecified atom stereocenters. The van der Waals surface area contributed by atoms with Gasteiger partial charge in [0.2, 0.25) is 0 Å². The number of fused-ring (bicyclic) bond motifs is 1. The molecule has 0 amide bonds. The highest BCUT2D eigenvalue weighted by atomic mass is 16.5. The second kappa shape index (κ2) is 5.32. The van der Waals surface area contributed by atoms with Crippen molar-refractivity contribution in [2.45, 2.75) is 13.4 Å². The van der Waals surface area contributed by atoms with Crippen molar-refractivity contribution < 1.29 is 9.39 Å². The zero-order valence-electron chi connectivity index (χ0n) is 11.5. The fourth-order valence-electron chi connectivity index (χ4n) is 2.41. The van der Waals surface area contributed by atoms with Gasteiger partial charge in [0.1, 0.15) is 17.9 Å². The van der Waals surface area contributed by atoms with Crippen LogP contribution in [-0.4, -0.2) is 6.92 Å². The first-order valence-corrected chi connectivity index (χ1v) is 6.58. The van der Waals surface area contributed by atoms with E-state index in [0.29, 0.717) is 29.2 Å². The van der Waals surface area contributed by atoms with Gasteiger partial charge in [-0.3, -0.25) is 0 Å². The standard InChI is InChI=1S/C16H11BN2O2/c1-17-15-6-5-14(7-13(15)10-20-17)21-16-11(8-18)3-2-4-12(16)9-19/h2-7H,10H2,1H3. The van der Waals surface area contributed by atoms with Crippen molar-refractivity contribution in [3.63, 3.8) is 0 Å². The number of nitriles is 2. The summed E-state index contributed by atoms with van der Waals surface area (Å²) in [6, 6.07) is 14.7. The van der Waals surface area contributed by atoms with E-state index in [9.17, 15) is 0 Å². The number of nitrogens with zero attached hydrogens (tertiary/aromatic N) is 2. The topological polar surface area (TPSA) is 66.0 Å². The van der Waals surface area contributed by atoms with Crippen LogP contribution in [0.5, 0.6) is 11.5 Å². The van der Waals surface area contributed by atoms with E-state index in [4.69, 9.17) is 19.9 Å². The van der Waals surface area contributed by atoms with Crippen LogP contribution in [0.2, 0.25) is 6.82 Å². The van der Waals surface area contributed by atoms with E-state index in [1.54, 1.807) is 18.2 Å². The van der Waals surface area contributed by atoms with Gasteiger partial charge in [0.05, 0.1) is 17.7 Å². The molecule has 0 aliphatic carbocycles. The molecule has 100 valence electrons. The van der Waals surface area contributed by atoms with Crippen LogP contribution >= 0.6 is 0 Å². The third-order valence-electron chi connectivity index (χ3n) is 3.52. The Balaban J connectivity index is 1.99. The lowest BCUT2D eigenvalue weighted by Crippen LogP contribution is -2.23. The highest BCUT2D eigenvalue weighted by Gasteiger charge is 2.23. The first-order chi connectivity index (χ1) is 10.2. The lowest BCUT2D eigenvalue weighted by molar-refractivity contribution is 0.333. The number of para-hydroxylation sites is 1. The monoisotopic (exact) mass is 274 g/mol. The predicted molar refractivity (Wildman–Crippen MR) is 78.4 cm³/mol. The smallest absolute Gasteiger partial charge is 0.324 e. The Hall–Kier alpha value is -2.76. The molecule has 1 aliphatic heterocycles. The summed E-state index contributed by atoms with van der Waals surface area (Å²) in [7, 11) is 0. The Morgan fingerprint density at radius 3 is 2.52 bits per heavy atom. The molecule has 2 aromatic rings. The van der Waals surface area contributed by atoms with Gasteiger partial charge in [-0.25, -0.2) is 0 Å². The number of ether oxygens (including phenoxy) is 1. The second-order valence-corrected chi connectivity index (χ2v) is 4.82. The zero-order valence-corrected chi connectivity index (χ0v) is 11.5. The molecule has 0 bridgehead atoms. The van der Waals surface area contributed by atoms with E-state index < -0.39 is 0 Å². The third-order valence-corrected chi connectivity index (χ3v) is 3.52. The summed E-state index contributed by atoms with van der Waals surface area (Å²) in [4.78, 5) is 0. The molecule has 1 aliphatic rings. The van der Waals surface area contributed by atoms with E-state index in [-0.39, 0.29) is 6.92 Å². The highest BCUT2D eigenvalue weighted by Crippen LogP contribution is 2.29. The molecule has 0 fully saturated rings. The molecule has 1 heterocycles. The van der Waals surface area contributed by atoms with Gasteiger partial charge in [-0.2, -0.15) is 10.5 Å². The van der Waals surface area contributed by atoms with Gasteiger partial charge >= 0.3 is 6.92 Å². The van der Waals surface area contributed by atoms with Crippen LogP contribution in [0.25, 0.3) is 0 Å². The quantitative estimate of drug-likeness (QED) is 0.789. The summed E-state index contributed by atoms with van der Waals surface area (Å²) in [5.74, 6) is 0.903. The Labute approximate surface area is 123 Å². The SMILES string of the molecule is CB1OCc2cc(Oc3c(C#N)cccc3C#N)ccc21. The van der Waals surface area contributed by atoms with E-state index in [1.807, 2.05) is 37.2 Å². The van der Waals surface area contributed by atoms with Gasteiger partial charge in [-0.15, -0.1) is 0 Å². The van der Waals surface area contributed by atoms with Crippen LogP contribution in [0, 0.1) is 22.7 Å². The van der Waals surface area contributed by atoms with E-state index in [0.717, 1.165) is 11.0 Å². The van der Waals surface area contributed by atoms with Crippen molar-refractivity contribution in [2.24, 2.45) is 0 Å². The van der Waals surface area contributed by atoms with E-state index in [2.05, 4.69) is 0 Å². The van der Waals surface area contributed by atoms with Crippen LogP contribution in [0.3, 0.4) is 0 Å². The summed E-state index contributed by atoms with van der Waals surface area (Å²) < 4.78 is 11.3. The van der Waals surface area contributed by atoms with Crippen molar-refractivity contribution in [1.82, 2.24) is 0 Å². The molecule has 0 atom stereocenters. The Morgan fingerprint density at radius 1 is 1.14 bits per heavy atom. The van der Waals surface area contributed by atoms with Crippen molar-refractivity contribution in [1.29, 1.82) is 10.5 Å². The van der Waals surface area contributed by atoms with E-state index >= 15 is 0 Å². The summed E-state index contributed by atoms with van der Waals surface area (Å²) in [6.45, 7) is 2.65. The summed E-state index contributed by atoms with van der Waals surface area (Å²) in [6.07, 6.45) is 0. The number of rotatable bonds is 2. The van der Waals surface area contributed by atoms with Gasteiger partial charge in [-0.1, -0.05) is 19.0 Å². The van der Waals surface area contributed by atoms with Crippen molar-refractivity contribution in [3.8, 4) is 23.6 Å². The molecule has 0 saturated heterocycles. The molecule has 0 saturated carbocycles. The minimum absolute atomic E-state index is 0.0927. The molecule has 21 heavy (non-hydrogen) atoms. The van der Waals surface area contributed by atoms with Crippen LogP contribution in [0.15, 0.2) is 36.4 Å². The van der Waals surface area contributed by atoms with Gasteiger partial charge in [-0.05, 0) is 35.3 Å². The molecule has 0 aromatic heterocycles. The first-order valence-electron chi connectivity index (χ1n) is 6.58. The molecule has 0 radical (unpaired) electrons. The molecule has 5 heteroatoms. The van der Waals surface area contributed by atoms with E-state index in [1.165, 1.54) is 0 Å². The molecule has 0 spiro atoms. The average Bonchev–Trinajstić information content (AvgIpc) is 2.88. The molecular formula is C16H11BN2O2. The minimum atomic E-state index is 0.0927. The lowest BCUT2D eigenvalue weighted by atomic mass is 9.64. The van der Waals surface area contributed by atoms with Crippen LogP contribution < -0.4 is 10.2 Å². The van der Waals surface area contributed by atoms with Gasteiger partial charge in [0.15, 0.2) is 5.75 Å². The fraction of sp³-hybridized carbons (Fsp3) is 0.125. The Bertz CT molecular complexity index is 758. The number of hydrogen-bond donors (Lipinski definition) is 0. The van der Waals surface area contributed by atoms with Crippen molar-refractivity contribution in [2.75, 3.05) is 0 Å².